The number of aryl methyl sites for hydroxylation is 2. The lowest BCUT2D eigenvalue weighted by Gasteiger charge is -2.26. The summed E-state index contributed by atoms with van der Waals surface area (Å²) < 4.78 is 39.9. The summed E-state index contributed by atoms with van der Waals surface area (Å²) in [5.41, 5.74) is 2.37. The van der Waals surface area contributed by atoms with E-state index in [9.17, 15) is 13.2 Å². The van der Waals surface area contributed by atoms with Crippen LogP contribution in [-0.2, 0) is 6.18 Å². The predicted octanol–water partition coefficient (Wildman–Crippen LogP) is 3.92. The minimum Gasteiger partial charge on any atom is -0.370 e. The summed E-state index contributed by atoms with van der Waals surface area (Å²) in [5, 5.41) is 6.75. The Morgan fingerprint density at radius 1 is 1.14 bits per heavy atom. The largest absolute Gasteiger partial charge is 0.435 e. The molecular formula is C15H16F3N3. The Bertz CT molecular complexity index is 653. The van der Waals surface area contributed by atoms with Gasteiger partial charge >= 0.3 is 6.18 Å². The van der Waals surface area contributed by atoms with Crippen molar-refractivity contribution in [2.75, 3.05) is 11.9 Å². The smallest absolute Gasteiger partial charge is 0.370 e. The van der Waals surface area contributed by atoms with Crippen molar-refractivity contribution in [3.8, 4) is 0 Å². The first kappa shape index (κ1) is 14.0. The first-order valence-corrected chi connectivity index (χ1v) is 6.83. The summed E-state index contributed by atoms with van der Waals surface area (Å²) in [5.74, 6) is 0.428. The molecule has 0 radical (unpaired) electrons. The normalized spacial score (nSPS) is 18.2. The molecule has 0 saturated carbocycles. The molecule has 2 heterocycles. The average Bonchev–Trinajstić information content (AvgIpc) is 2.80. The van der Waals surface area contributed by atoms with E-state index in [4.69, 9.17) is 0 Å². The number of aromatic nitrogens is 2. The van der Waals surface area contributed by atoms with Crippen LogP contribution in [0.4, 0.5) is 19.0 Å². The van der Waals surface area contributed by atoms with Crippen molar-refractivity contribution >= 4 is 5.82 Å². The zero-order valence-corrected chi connectivity index (χ0v) is 11.8. The monoisotopic (exact) mass is 295 g/mol. The summed E-state index contributed by atoms with van der Waals surface area (Å²) in [7, 11) is 0. The van der Waals surface area contributed by atoms with Gasteiger partial charge in [-0.2, -0.15) is 18.3 Å². The van der Waals surface area contributed by atoms with E-state index in [1.807, 2.05) is 26.0 Å². The van der Waals surface area contributed by atoms with Crippen LogP contribution < -0.4 is 5.32 Å². The highest BCUT2D eigenvalue weighted by Gasteiger charge is 2.36. The van der Waals surface area contributed by atoms with E-state index < -0.39 is 11.9 Å². The number of anilines is 1. The third-order valence-corrected chi connectivity index (χ3v) is 3.67. The molecule has 1 aromatic carbocycles. The molecule has 0 fully saturated rings. The zero-order chi connectivity index (χ0) is 15.2. The maximum Gasteiger partial charge on any atom is 0.435 e. The van der Waals surface area contributed by atoms with Crippen molar-refractivity contribution in [1.82, 2.24) is 9.78 Å². The van der Waals surface area contributed by atoms with Crippen molar-refractivity contribution in [3.05, 3.63) is 46.6 Å². The fourth-order valence-corrected chi connectivity index (χ4v) is 2.87. The van der Waals surface area contributed by atoms with Crippen LogP contribution >= 0.6 is 0 Å². The Hall–Kier alpha value is -1.98. The van der Waals surface area contributed by atoms with Gasteiger partial charge in [0.05, 0.1) is 6.04 Å². The Kier molecular flexibility index (Phi) is 3.19. The molecule has 3 rings (SSSR count). The lowest BCUT2D eigenvalue weighted by atomic mass is 9.98. The third kappa shape index (κ3) is 2.62. The Morgan fingerprint density at radius 2 is 1.81 bits per heavy atom. The van der Waals surface area contributed by atoms with Gasteiger partial charge in [-0.05, 0) is 25.8 Å². The number of nitrogens with one attached hydrogen (secondary N) is 1. The van der Waals surface area contributed by atoms with E-state index in [1.165, 1.54) is 4.68 Å². The molecule has 1 aromatic heterocycles. The van der Waals surface area contributed by atoms with Gasteiger partial charge in [0.25, 0.3) is 0 Å². The van der Waals surface area contributed by atoms with Crippen LogP contribution in [-0.4, -0.2) is 16.3 Å². The molecule has 1 atom stereocenters. The standard InChI is InChI=1S/C15H16F3N3/c1-9-5-10(2)7-11(6-9)12-3-4-19-14-8-13(15(16,17)18)20-21(12)14/h5-8,12,19H,3-4H2,1-2H3. The van der Waals surface area contributed by atoms with E-state index >= 15 is 0 Å². The fraction of sp³-hybridized carbons (Fsp3) is 0.400. The molecule has 0 amide bonds. The van der Waals surface area contributed by atoms with Gasteiger partial charge in [-0.15, -0.1) is 0 Å². The van der Waals surface area contributed by atoms with E-state index in [0.29, 0.717) is 12.4 Å². The van der Waals surface area contributed by atoms with E-state index in [2.05, 4.69) is 16.5 Å². The molecular weight excluding hydrogens is 279 g/mol. The molecule has 112 valence electrons. The zero-order valence-electron chi connectivity index (χ0n) is 11.8. The number of benzene rings is 1. The second-order valence-corrected chi connectivity index (χ2v) is 5.51. The molecule has 1 aliphatic heterocycles. The summed E-state index contributed by atoms with van der Waals surface area (Å²) >= 11 is 0. The summed E-state index contributed by atoms with van der Waals surface area (Å²) in [6, 6.07) is 7.00. The number of nitrogens with zero attached hydrogens (tertiary/aromatic N) is 2. The highest BCUT2D eigenvalue weighted by molar-refractivity contribution is 5.43. The van der Waals surface area contributed by atoms with Gasteiger partial charge in [0.15, 0.2) is 5.69 Å². The molecule has 1 N–H and O–H groups in total. The molecule has 3 nitrogen and oxygen atoms in total. The van der Waals surface area contributed by atoms with Crippen LogP contribution in [0.3, 0.4) is 0 Å². The highest BCUT2D eigenvalue weighted by Crippen LogP contribution is 2.35. The molecule has 0 bridgehead atoms. The van der Waals surface area contributed by atoms with Crippen molar-refractivity contribution in [2.24, 2.45) is 0 Å². The number of halogens is 3. The molecule has 6 heteroatoms. The molecule has 1 aliphatic rings. The van der Waals surface area contributed by atoms with Crippen molar-refractivity contribution in [2.45, 2.75) is 32.5 Å². The van der Waals surface area contributed by atoms with Crippen LogP contribution in [0.1, 0.15) is 34.8 Å². The maximum atomic E-state index is 12.8. The van der Waals surface area contributed by atoms with Gasteiger partial charge in [0.2, 0.25) is 0 Å². The second kappa shape index (κ2) is 4.79. The van der Waals surface area contributed by atoms with Gasteiger partial charge in [-0.3, -0.25) is 0 Å². The van der Waals surface area contributed by atoms with Crippen LogP contribution in [0, 0.1) is 13.8 Å². The van der Waals surface area contributed by atoms with Gasteiger partial charge in [-0.1, -0.05) is 29.3 Å². The summed E-state index contributed by atoms with van der Waals surface area (Å²) in [4.78, 5) is 0. The molecule has 21 heavy (non-hydrogen) atoms. The minimum absolute atomic E-state index is 0.157. The van der Waals surface area contributed by atoms with E-state index in [1.54, 1.807) is 0 Å². The number of rotatable bonds is 1. The fourth-order valence-electron chi connectivity index (χ4n) is 2.87. The predicted molar refractivity (Wildman–Crippen MR) is 74.4 cm³/mol. The topological polar surface area (TPSA) is 29.9 Å². The number of fused-ring (bicyclic) bond motifs is 1. The lowest BCUT2D eigenvalue weighted by Crippen LogP contribution is -2.24. The van der Waals surface area contributed by atoms with Crippen molar-refractivity contribution < 1.29 is 13.2 Å². The van der Waals surface area contributed by atoms with Gasteiger partial charge < -0.3 is 5.32 Å². The highest BCUT2D eigenvalue weighted by atomic mass is 19.4. The van der Waals surface area contributed by atoms with Crippen LogP contribution in [0.15, 0.2) is 24.3 Å². The van der Waals surface area contributed by atoms with Gasteiger partial charge in [0.1, 0.15) is 5.82 Å². The van der Waals surface area contributed by atoms with Gasteiger partial charge in [0, 0.05) is 12.6 Å². The number of hydrogen-bond donors (Lipinski definition) is 1. The Labute approximate surface area is 120 Å². The van der Waals surface area contributed by atoms with Gasteiger partial charge in [-0.25, -0.2) is 4.68 Å². The summed E-state index contributed by atoms with van der Waals surface area (Å²) in [6.07, 6.45) is -3.70. The van der Waals surface area contributed by atoms with Crippen LogP contribution in [0.5, 0.6) is 0 Å². The van der Waals surface area contributed by atoms with Crippen molar-refractivity contribution in [1.29, 1.82) is 0 Å². The minimum atomic E-state index is -4.42. The summed E-state index contributed by atoms with van der Waals surface area (Å²) in [6.45, 7) is 4.62. The SMILES string of the molecule is Cc1cc(C)cc(C2CCNc3cc(C(F)(F)F)nn32)c1. The quantitative estimate of drug-likeness (QED) is 0.864. The number of alkyl halides is 3. The molecule has 1 unspecified atom stereocenters. The maximum absolute atomic E-state index is 12.8. The van der Waals surface area contributed by atoms with Crippen molar-refractivity contribution in [3.63, 3.8) is 0 Å². The molecule has 0 aliphatic carbocycles. The van der Waals surface area contributed by atoms with E-state index in [0.717, 1.165) is 29.2 Å². The Morgan fingerprint density at radius 3 is 2.43 bits per heavy atom. The van der Waals surface area contributed by atoms with Crippen LogP contribution in [0.2, 0.25) is 0 Å². The number of hydrogen-bond acceptors (Lipinski definition) is 2. The average molecular weight is 295 g/mol. The second-order valence-electron chi connectivity index (χ2n) is 5.51. The molecule has 0 saturated heterocycles. The lowest BCUT2D eigenvalue weighted by molar-refractivity contribution is -0.141. The van der Waals surface area contributed by atoms with Crippen LogP contribution in [0.25, 0.3) is 0 Å². The molecule has 2 aromatic rings. The van der Waals surface area contributed by atoms with E-state index in [-0.39, 0.29) is 6.04 Å². The Balaban J connectivity index is 2.06. The first-order chi connectivity index (χ1) is 9.84. The first-order valence-electron chi connectivity index (χ1n) is 6.83. The molecule has 0 spiro atoms. The third-order valence-electron chi connectivity index (χ3n) is 3.67.